The fourth-order valence-electron chi connectivity index (χ4n) is 5.42. The number of benzene rings is 2. The summed E-state index contributed by atoms with van der Waals surface area (Å²) in [6, 6.07) is 7.03. The van der Waals surface area contributed by atoms with Gasteiger partial charge in [-0.3, -0.25) is 4.79 Å². The number of rotatable bonds is 11. The number of hydrogen-bond acceptors (Lipinski definition) is 7. The van der Waals surface area contributed by atoms with Gasteiger partial charge in [0.25, 0.3) is 5.95 Å². The lowest BCUT2D eigenvalue weighted by molar-refractivity contribution is -0.274. The van der Waals surface area contributed by atoms with E-state index in [1.165, 1.54) is 36.2 Å². The van der Waals surface area contributed by atoms with E-state index in [4.69, 9.17) is 11.6 Å². The zero-order valence-corrected chi connectivity index (χ0v) is 25.8. The van der Waals surface area contributed by atoms with E-state index in [9.17, 15) is 36.2 Å². The van der Waals surface area contributed by atoms with Gasteiger partial charge in [0.1, 0.15) is 5.75 Å². The van der Waals surface area contributed by atoms with Crippen LogP contribution in [0.4, 0.5) is 38.0 Å². The predicted molar refractivity (Wildman–Crippen MR) is 156 cm³/mol. The van der Waals surface area contributed by atoms with Crippen molar-refractivity contribution in [3.8, 4) is 5.75 Å². The van der Waals surface area contributed by atoms with E-state index in [2.05, 4.69) is 20.1 Å². The molecule has 3 aromatic rings. The van der Waals surface area contributed by atoms with Gasteiger partial charge in [-0.05, 0) is 91.3 Å². The van der Waals surface area contributed by atoms with Gasteiger partial charge in [0.15, 0.2) is 0 Å². The maximum Gasteiger partial charge on any atom is 0.573 e. The third-order valence-corrected chi connectivity index (χ3v) is 7.70. The van der Waals surface area contributed by atoms with E-state index in [1.54, 1.807) is 0 Å². The summed E-state index contributed by atoms with van der Waals surface area (Å²) in [4.78, 5) is 16.0. The highest BCUT2D eigenvalue weighted by atomic mass is 35.5. The van der Waals surface area contributed by atoms with Gasteiger partial charge in [-0.1, -0.05) is 16.7 Å². The molecule has 0 atom stereocenters. The Hall–Kier alpha value is -3.46. The predicted octanol–water partition coefficient (Wildman–Crippen LogP) is 7.13. The van der Waals surface area contributed by atoms with Crippen molar-refractivity contribution in [1.82, 2.24) is 20.2 Å². The minimum atomic E-state index is -4.95. The normalized spacial score (nSPS) is 17.0. The van der Waals surface area contributed by atoms with Crippen molar-refractivity contribution >= 4 is 41.6 Å². The summed E-state index contributed by atoms with van der Waals surface area (Å²) in [5.74, 6) is -1.49. The zero-order valence-electron chi connectivity index (χ0n) is 24.3. The number of halogens is 8. The Morgan fingerprint density at radius 1 is 1.04 bits per heavy atom. The molecule has 0 amide bonds. The number of aliphatic carboxylic acids is 1. The Morgan fingerprint density at radius 2 is 1.73 bits per heavy atom. The number of carboxylic acid groups (broad SMARTS) is 1. The van der Waals surface area contributed by atoms with Crippen LogP contribution in [-0.4, -0.2) is 50.7 Å². The number of hydrogen-bond donors (Lipinski definition) is 1. The van der Waals surface area contributed by atoms with Crippen LogP contribution in [0.2, 0.25) is 5.02 Å². The summed E-state index contributed by atoms with van der Waals surface area (Å²) < 4.78 is 84.3. The summed E-state index contributed by atoms with van der Waals surface area (Å²) in [6.45, 7) is 2.61. The molecule has 1 N–H and O–H groups in total. The van der Waals surface area contributed by atoms with Crippen LogP contribution < -0.4 is 14.5 Å². The molecule has 248 valence electrons. The van der Waals surface area contributed by atoms with Crippen LogP contribution in [0.5, 0.6) is 5.75 Å². The van der Waals surface area contributed by atoms with Crippen LogP contribution in [-0.2, 0) is 31.1 Å². The van der Waals surface area contributed by atoms with E-state index in [0.29, 0.717) is 50.0 Å². The van der Waals surface area contributed by atoms with Crippen molar-refractivity contribution in [2.75, 3.05) is 22.9 Å². The molecule has 0 bridgehead atoms. The molecule has 1 aliphatic carbocycles. The average molecular weight is 685 g/mol. The van der Waals surface area contributed by atoms with Crippen LogP contribution in [0.3, 0.4) is 0 Å². The zero-order chi connectivity index (χ0) is 32.2. The fraction of sp³-hybridized carbons (Fsp3) is 0.500. The van der Waals surface area contributed by atoms with Gasteiger partial charge in [0.2, 0.25) is 0 Å². The van der Waals surface area contributed by atoms with E-state index in [1.807, 2.05) is 11.8 Å². The highest BCUT2D eigenvalue weighted by molar-refractivity contribution is 6.30. The smallest absolute Gasteiger partial charge is 0.481 e. The first-order chi connectivity index (χ1) is 20.6. The summed E-state index contributed by atoms with van der Waals surface area (Å²) in [5, 5.41) is 21.2. The number of nitrogens with zero attached hydrogens (tertiary/aromatic N) is 6. The molecule has 0 unspecified atom stereocenters. The highest BCUT2D eigenvalue weighted by Crippen LogP contribution is 2.36. The molecule has 1 aromatic heterocycles. The lowest BCUT2D eigenvalue weighted by Gasteiger charge is -2.34. The molecule has 1 fully saturated rings. The Labute approximate surface area is 266 Å². The molecule has 17 heteroatoms. The number of carboxylic acids is 1. The van der Waals surface area contributed by atoms with Crippen LogP contribution >= 0.6 is 24.0 Å². The lowest BCUT2D eigenvalue weighted by atomic mass is 9.81. The number of carbonyl (C=O) groups is 1. The van der Waals surface area contributed by atoms with Crippen LogP contribution in [0, 0.1) is 11.8 Å². The van der Waals surface area contributed by atoms with Gasteiger partial charge in [-0.2, -0.15) is 18.0 Å². The van der Waals surface area contributed by atoms with Crippen molar-refractivity contribution in [3.05, 3.63) is 58.1 Å². The molecule has 0 saturated heterocycles. The Balaban J connectivity index is 0.00000552. The van der Waals surface area contributed by atoms with Gasteiger partial charge in [-0.25, -0.2) is 0 Å². The Bertz CT molecular complexity index is 1450. The Morgan fingerprint density at radius 3 is 2.29 bits per heavy atom. The second kappa shape index (κ2) is 14.8. The minimum Gasteiger partial charge on any atom is -0.481 e. The van der Waals surface area contributed by atoms with Crippen LogP contribution in [0.25, 0.3) is 0 Å². The third-order valence-electron chi connectivity index (χ3n) is 7.48. The molecule has 4 rings (SSSR count). The molecule has 1 aliphatic rings. The number of aromatic nitrogens is 4. The number of alkyl halides is 6. The summed E-state index contributed by atoms with van der Waals surface area (Å²) in [5.41, 5.74) is 0.170. The second-order valence-corrected chi connectivity index (χ2v) is 11.2. The third kappa shape index (κ3) is 10.0. The largest absolute Gasteiger partial charge is 0.573 e. The van der Waals surface area contributed by atoms with Crippen molar-refractivity contribution in [2.24, 2.45) is 18.9 Å². The first-order valence-electron chi connectivity index (χ1n) is 13.8. The maximum absolute atomic E-state index is 13.5. The Kier molecular flexibility index (Phi) is 11.8. The van der Waals surface area contributed by atoms with Crippen LogP contribution in [0.1, 0.15) is 49.3 Å². The summed E-state index contributed by atoms with van der Waals surface area (Å²) >= 11 is 6.01. The molecular formula is C28H32Cl2F6N6O3. The minimum absolute atomic E-state index is 0. The number of ether oxygens (including phenoxy) is 1. The summed E-state index contributed by atoms with van der Waals surface area (Å²) in [7, 11) is 1.50. The summed E-state index contributed by atoms with van der Waals surface area (Å²) in [6.07, 6.45) is -7.17. The molecular weight excluding hydrogens is 653 g/mol. The molecule has 2 aromatic carbocycles. The van der Waals surface area contributed by atoms with E-state index in [0.717, 1.165) is 16.9 Å². The molecule has 1 saturated carbocycles. The fourth-order valence-corrected chi connectivity index (χ4v) is 5.68. The molecule has 45 heavy (non-hydrogen) atoms. The van der Waals surface area contributed by atoms with Gasteiger partial charge < -0.3 is 19.6 Å². The SMILES string of the molecule is CCN(CC1CCC(C(=O)O)CC1)c1ccc(OC(F)(F)F)cc1CN(Cc1cc(Cl)cc(C(F)(F)F)c1)c1nnn(C)n1.Cl. The number of anilines is 2. The lowest BCUT2D eigenvalue weighted by Crippen LogP contribution is -2.34. The van der Waals surface area contributed by atoms with Crippen molar-refractivity contribution in [1.29, 1.82) is 0 Å². The molecule has 1 heterocycles. The van der Waals surface area contributed by atoms with Crippen molar-refractivity contribution in [2.45, 2.75) is 58.2 Å². The van der Waals surface area contributed by atoms with E-state index < -0.39 is 35.7 Å². The number of tetrazole rings is 1. The maximum atomic E-state index is 13.5. The van der Waals surface area contributed by atoms with Gasteiger partial charge in [-0.15, -0.1) is 30.7 Å². The van der Waals surface area contributed by atoms with Crippen molar-refractivity contribution in [3.63, 3.8) is 0 Å². The van der Waals surface area contributed by atoms with E-state index in [-0.39, 0.29) is 47.9 Å². The average Bonchev–Trinajstić information content (AvgIpc) is 3.36. The topological polar surface area (TPSA) is 96.6 Å². The van der Waals surface area contributed by atoms with Crippen molar-refractivity contribution < 1.29 is 41.0 Å². The first kappa shape index (κ1) is 36.0. The monoisotopic (exact) mass is 684 g/mol. The van der Waals surface area contributed by atoms with Gasteiger partial charge in [0.05, 0.1) is 18.5 Å². The first-order valence-corrected chi connectivity index (χ1v) is 14.2. The molecule has 9 nitrogen and oxygen atoms in total. The second-order valence-electron chi connectivity index (χ2n) is 10.7. The highest BCUT2D eigenvalue weighted by Gasteiger charge is 2.33. The molecule has 0 aliphatic heterocycles. The standard InChI is InChI=1S/C28H31ClF6N6O3.ClH/c1-3-40(14-17-4-6-19(7-5-17)25(42)43)24-9-8-23(44-28(33,34)35)12-20(24)16-41(26-36-38-39(2)37-26)15-18-10-21(27(30,31)32)13-22(29)11-18;/h8-13,17,19H,3-7,14-16H2,1-2H3,(H,42,43);1H. The number of aryl methyl sites for hydroxylation is 1. The van der Waals surface area contributed by atoms with E-state index >= 15 is 0 Å². The quantitative estimate of drug-likeness (QED) is 0.213. The van der Waals surface area contributed by atoms with Gasteiger partial charge >= 0.3 is 18.5 Å². The molecule has 0 radical (unpaired) electrons. The van der Waals surface area contributed by atoms with Crippen LogP contribution in [0.15, 0.2) is 36.4 Å². The molecule has 0 spiro atoms. The van der Waals surface area contributed by atoms with Gasteiger partial charge in [0, 0.05) is 36.9 Å².